The lowest BCUT2D eigenvalue weighted by molar-refractivity contribution is -0.139. The van der Waals surface area contributed by atoms with E-state index in [1.165, 1.54) is 0 Å². The first-order chi connectivity index (χ1) is 21.2. The zero-order valence-corrected chi connectivity index (χ0v) is 25.9. The Bertz CT molecular complexity index is 1350. The molecule has 0 bridgehead atoms. The molecule has 10 nitrogen and oxygen atoms in total. The van der Waals surface area contributed by atoms with Crippen LogP contribution in [0.5, 0.6) is 0 Å². The summed E-state index contributed by atoms with van der Waals surface area (Å²) < 4.78 is 5.63. The number of para-hydroxylation sites is 1. The summed E-state index contributed by atoms with van der Waals surface area (Å²) in [6.07, 6.45) is 5.76. The molecule has 0 aliphatic heterocycles. The lowest BCUT2D eigenvalue weighted by Crippen LogP contribution is -2.49. The second kappa shape index (κ2) is 19.6. The van der Waals surface area contributed by atoms with E-state index in [1.807, 2.05) is 81.4 Å². The molecule has 0 radical (unpaired) electrons. The molecule has 2 amide bonds. The number of anilines is 1. The lowest BCUT2D eigenvalue weighted by atomic mass is 9.97. The third kappa shape index (κ3) is 12.0. The number of benzene rings is 2. The molecule has 0 fully saturated rings. The maximum atomic E-state index is 13.2. The summed E-state index contributed by atoms with van der Waals surface area (Å²) in [7, 11) is 0. The highest BCUT2D eigenvalue weighted by atomic mass is 16.5. The summed E-state index contributed by atoms with van der Waals surface area (Å²) in [4.78, 5) is 26.2. The molecule has 0 saturated carbocycles. The smallest absolute Gasteiger partial charge is 0.338 e. The molecule has 236 valence electrons. The van der Waals surface area contributed by atoms with E-state index in [0.717, 1.165) is 11.1 Å². The molecular weight excluding hydrogens is 558 g/mol. The predicted molar refractivity (Wildman–Crippen MR) is 175 cm³/mol. The maximum absolute atomic E-state index is 13.2. The Morgan fingerprint density at radius 3 is 2.27 bits per heavy atom. The predicted octanol–water partition coefficient (Wildman–Crippen LogP) is 4.56. The van der Waals surface area contributed by atoms with E-state index >= 15 is 0 Å². The van der Waals surface area contributed by atoms with Crippen LogP contribution in [0.1, 0.15) is 39.7 Å². The van der Waals surface area contributed by atoms with Gasteiger partial charge in [0.25, 0.3) is 0 Å². The molecule has 0 unspecified atom stereocenters. The third-order valence-corrected chi connectivity index (χ3v) is 6.62. The summed E-state index contributed by atoms with van der Waals surface area (Å²) in [5, 5.41) is 39.4. The van der Waals surface area contributed by atoms with Gasteiger partial charge in [-0.05, 0) is 51.0 Å². The summed E-state index contributed by atoms with van der Waals surface area (Å²) in [5.74, 6) is -0.242. The Balaban J connectivity index is 2.43. The van der Waals surface area contributed by atoms with Crippen molar-refractivity contribution < 1.29 is 24.5 Å². The Labute approximate surface area is 260 Å². The van der Waals surface area contributed by atoms with Crippen molar-refractivity contribution in [3.8, 4) is 0 Å². The number of nitrogens with one attached hydrogen (secondary N) is 5. The monoisotopic (exact) mass is 603 g/mol. The van der Waals surface area contributed by atoms with Gasteiger partial charge < -0.3 is 30.9 Å². The van der Waals surface area contributed by atoms with Gasteiger partial charge in [0.1, 0.15) is 12.4 Å². The summed E-state index contributed by atoms with van der Waals surface area (Å²) in [6.45, 7) is 7.64. The normalized spacial score (nSPS) is 13.5. The van der Waals surface area contributed by atoms with Crippen LogP contribution in [0.2, 0.25) is 0 Å². The molecule has 7 N–H and O–H groups in total. The van der Waals surface area contributed by atoms with Crippen LogP contribution < -0.4 is 21.3 Å². The number of ether oxygens (including phenoxy) is 1. The molecule has 0 aliphatic carbocycles. The first-order valence-corrected chi connectivity index (χ1v) is 14.6. The average Bonchev–Trinajstić information content (AvgIpc) is 3.04. The zero-order valence-electron chi connectivity index (χ0n) is 25.9. The molecule has 2 aromatic carbocycles. The Hall–Kier alpha value is -4.51. The number of amides is 2. The molecular formula is C34H45N5O5. The first kappa shape index (κ1) is 35.7. The van der Waals surface area contributed by atoms with Crippen LogP contribution >= 0.6 is 0 Å². The van der Waals surface area contributed by atoms with Crippen LogP contribution in [0.4, 0.5) is 10.5 Å². The average molecular weight is 604 g/mol. The van der Waals surface area contributed by atoms with Crippen LogP contribution in [0, 0.1) is 5.41 Å². The number of hydrogen-bond donors (Lipinski definition) is 7. The maximum Gasteiger partial charge on any atom is 0.338 e. The number of esters is 1. The molecule has 0 aliphatic rings. The molecule has 1 atom stereocenters. The number of allylic oxidation sites excluding steroid dienone is 5. The van der Waals surface area contributed by atoms with Crippen LogP contribution in [0.15, 0.2) is 107 Å². The highest BCUT2D eigenvalue weighted by Crippen LogP contribution is 2.20. The minimum atomic E-state index is -0.607. The van der Waals surface area contributed by atoms with Gasteiger partial charge in [-0.1, -0.05) is 73.2 Å². The number of carbonyl (C=O) groups is 2. The zero-order chi connectivity index (χ0) is 32.3. The van der Waals surface area contributed by atoms with Crippen molar-refractivity contribution in [1.29, 1.82) is 5.41 Å². The summed E-state index contributed by atoms with van der Waals surface area (Å²) in [6, 6.07) is 17.4. The lowest BCUT2D eigenvalue weighted by Gasteiger charge is -2.21. The van der Waals surface area contributed by atoms with E-state index in [4.69, 9.17) is 15.3 Å². The second-order valence-corrected chi connectivity index (χ2v) is 9.98. The highest BCUT2D eigenvalue weighted by Gasteiger charge is 2.19. The van der Waals surface area contributed by atoms with Crippen LogP contribution in [-0.4, -0.2) is 60.3 Å². The summed E-state index contributed by atoms with van der Waals surface area (Å²) in [5.41, 5.74) is 3.64. The van der Waals surface area contributed by atoms with Gasteiger partial charge >= 0.3 is 12.0 Å². The Kier molecular flexibility index (Phi) is 15.9. The van der Waals surface area contributed by atoms with E-state index < -0.39 is 18.0 Å². The molecule has 2 rings (SSSR count). The van der Waals surface area contributed by atoms with Gasteiger partial charge in [0.15, 0.2) is 0 Å². The molecule has 0 spiro atoms. The van der Waals surface area contributed by atoms with Crippen LogP contribution in [0.25, 0.3) is 0 Å². The molecule has 10 heteroatoms. The molecule has 2 aromatic rings. The molecule has 0 saturated heterocycles. The second-order valence-electron chi connectivity index (χ2n) is 9.98. The molecule has 0 aromatic heterocycles. The van der Waals surface area contributed by atoms with E-state index in [2.05, 4.69) is 21.3 Å². The van der Waals surface area contributed by atoms with Crippen LogP contribution in [0.3, 0.4) is 0 Å². The van der Waals surface area contributed by atoms with Crippen molar-refractivity contribution in [2.45, 2.75) is 46.8 Å². The topological polar surface area (TPSA) is 156 Å². The van der Waals surface area contributed by atoms with E-state index in [-0.39, 0.29) is 37.9 Å². The summed E-state index contributed by atoms with van der Waals surface area (Å²) >= 11 is 0. The number of urea groups is 1. The SMILES string of the molecule is C\C=C/C(=C\C(C(=O)OCc1ccccc1)=C(\C)CC)C(=N)/C(C)=C(/NC(=O)N[C@@H](CO)CNCCO)Nc1ccccc1. The quantitative estimate of drug-likeness (QED) is 0.0459. The molecule has 44 heavy (non-hydrogen) atoms. The van der Waals surface area contributed by atoms with Gasteiger partial charge in [0.2, 0.25) is 0 Å². The Morgan fingerprint density at radius 1 is 1.02 bits per heavy atom. The van der Waals surface area contributed by atoms with Gasteiger partial charge in [-0.2, -0.15) is 0 Å². The van der Waals surface area contributed by atoms with Crippen molar-refractivity contribution in [3.05, 3.63) is 113 Å². The number of aliphatic hydroxyl groups excluding tert-OH is 2. The fourth-order valence-electron chi connectivity index (χ4n) is 3.96. The van der Waals surface area contributed by atoms with Crippen molar-refractivity contribution >= 4 is 23.4 Å². The minimum absolute atomic E-state index is 0.0684. The highest BCUT2D eigenvalue weighted by molar-refractivity contribution is 6.13. The minimum Gasteiger partial charge on any atom is -0.457 e. The Morgan fingerprint density at radius 2 is 1.68 bits per heavy atom. The number of hydrogen-bond acceptors (Lipinski definition) is 8. The van der Waals surface area contributed by atoms with Crippen molar-refractivity contribution in [3.63, 3.8) is 0 Å². The number of aliphatic hydroxyl groups is 2. The number of rotatable bonds is 17. The van der Waals surface area contributed by atoms with Gasteiger partial charge in [-0.15, -0.1) is 0 Å². The van der Waals surface area contributed by atoms with Gasteiger partial charge in [0, 0.05) is 29.9 Å². The molecule has 0 heterocycles. The fraction of sp³-hybridized carbons (Fsp3) is 0.324. The van der Waals surface area contributed by atoms with Crippen molar-refractivity contribution in [1.82, 2.24) is 16.0 Å². The first-order valence-electron chi connectivity index (χ1n) is 14.6. The van der Waals surface area contributed by atoms with Gasteiger partial charge in [-0.25, -0.2) is 9.59 Å². The van der Waals surface area contributed by atoms with Crippen molar-refractivity contribution in [2.75, 3.05) is 31.6 Å². The largest absolute Gasteiger partial charge is 0.457 e. The third-order valence-electron chi connectivity index (χ3n) is 6.62. The van der Waals surface area contributed by atoms with E-state index in [0.29, 0.717) is 35.4 Å². The van der Waals surface area contributed by atoms with Gasteiger partial charge in [-0.3, -0.25) is 10.7 Å². The van der Waals surface area contributed by atoms with E-state index in [1.54, 1.807) is 25.2 Å². The number of carbonyl (C=O) groups excluding carboxylic acids is 2. The fourth-order valence-corrected chi connectivity index (χ4v) is 3.96. The van der Waals surface area contributed by atoms with Gasteiger partial charge in [0.05, 0.1) is 30.5 Å². The van der Waals surface area contributed by atoms with Crippen molar-refractivity contribution in [2.24, 2.45) is 0 Å². The van der Waals surface area contributed by atoms with Crippen LogP contribution in [-0.2, 0) is 16.1 Å². The standard InChI is InChI=1S/C34H45N5O5/c1-5-13-27(20-30(24(3)6-2)33(42)44-23-26-14-9-7-10-15-26)31(35)25(4)32(37-28-16-11-8-12-17-28)39-34(43)38-29(22-41)21-36-18-19-40/h5,7-17,20,29,35-37,40-41H,6,18-19,21-23H2,1-4H3,(H2,38,39,43)/b13-5-,27-20+,30-24+,32-25+,35-31?/t29-/m1/s1. The van der Waals surface area contributed by atoms with E-state index in [9.17, 15) is 14.7 Å².